The van der Waals surface area contributed by atoms with Gasteiger partial charge in [0.25, 0.3) is 0 Å². The first kappa shape index (κ1) is 29.4. The van der Waals surface area contributed by atoms with E-state index in [1.807, 2.05) is 6.08 Å². The number of allylic oxidation sites excluding steroid dienone is 2. The van der Waals surface area contributed by atoms with Crippen LogP contribution in [0.1, 0.15) is 106 Å². The number of methoxy groups -OCH3 is 1. The van der Waals surface area contributed by atoms with Crippen LogP contribution >= 0.6 is 0 Å². The van der Waals surface area contributed by atoms with Gasteiger partial charge in [0.1, 0.15) is 0 Å². The van der Waals surface area contributed by atoms with E-state index in [9.17, 15) is 24.6 Å². The number of ether oxygens (including phenoxy) is 1. The number of esters is 1. The largest absolute Gasteiger partial charge is 0.478 e. The number of hydrogen-bond acceptors (Lipinski definition) is 4. The molecule has 3 saturated carbocycles. The van der Waals surface area contributed by atoms with E-state index >= 15 is 0 Å². The monoisotopic (exact) mass is 516 g/mol. The molecule has 3 rings (SSSR count). The lowest BCUT2D eigenvalue weighted by molar-refractivity contribution is -0.149. The zero-order valence-electron chi connectivity index (χ0n) is 24.0. The molecule has 6 heteroatoms. The Morgan fingerprint density at radius 3 is 2.30 bits per heavy atom. The third-order valence-corrected chi connectivity index (χ3v) is 11.5. The quantitative estimate of drug-likeness (QED) is 0.252. The minimum atomic E-state index is -0.853. The zero-order chi connectivity index (χ0) is 27.8. The van der Waals surface area contributed by atoms with Crippen molar-refractivity contribution in [1.29, 1.82) is 0 Å². The summed E-state index contributed by atoms with van der Waals surface area (Å²) in [5.41, 5.74) is 2.20. The fourth-order valence-electron chi connectivity index (χ4n) is 9.11. The average Bonchev–Trinajstić information content (AvgIpc) is 3.12. The van der Waals surface area contributed by atoms with Gasteiger partial charge in [0.05, 0.1) is 7.11 Å². The number of fused-ring (bicyclic) bond motifs is 3. The number of aliphatic carboxylic acids is 2. The molecule has 0 aromatic rings. The summed E-state index contributed by atoms with van der Waals surface area (Å²) in [6.07, 6.45) is 10.9. The second-order valence-corrected chi connectivity index (χ2v) is 12.9. The Morgan fingerprint density at radius 2 is 1.70 bits per heavy atom. The molecule has 3 aliphatic carbocycles. The predicted molar refractivity (Wildman–Crippen MR) is 144 cm³/mol. The predicted octanol–water partition coefficient (Wildman–Crippen LogP) is 7.04. The molecule has 0 heterocycles. The van der Waals surface area contributed by atoms with Gasteiger partial charge >= 0.3 is 17.9 Å². The maximum absolute atomic E-state index is 12.1. The second kappa shape index (κ2) is 10.9. The van der Waals surface area contributed by atoms with Crippen LogP contribution in [0.3, 0.4) is 0 Å². The number of hydrogen-bond donors (Lipinski definition) is 2. The van der Waals surface area contributed by atoms with E-state index in [1.165, 1.54) is 20.0 Å². The molecule has 7 atom stereocenters. The third kappa shape index (κ3) is 5.14. The maximum atomic E-state index is 12.1. The summed E-state index contributed by atoms with van der Waals surface area (Å²) in [5, 5.41) is 19.0. The van der Waals surface area contributed by atoms with E-state index in [0.717, 1.165) is 44.1 Å². The number of carbonyl (C=O) groups excluding carboxylic acids is 1. The molecule has 208 valence electrons. The summed E-state index contributed by atoms with van der Waals surface area (Å²) in [6, 6.07) is 0. The maximum Gasteiger partial charge on any atom is 0.331 e. The van der Waals surface area contributed by atoms with Crippen LogP contribution in [-0.2, 0) is 19.1 Å². The van der Waals surface area contributed by atoms with Crippen molar-refractivity contribution in [3.63, 3.8) is 0 Å². The molecule has 0 aromatic heterocycles. The van der Waals surface area contributed by atoms with E-state index in [4.69, 9.17) is 4.74 Å². The summed E-state index contributed by atoms with van der Waals surface area (Å²) >= 11 is 0. The molecule has 2 N–H and O–H groups in total. The molecule has 6 nitrogen and oxygen atoms in total. The van der Waals surface area contributed by atoms with E-state index < -0.39 is 11.9 Å². The van der Waals surface area contributed by atoms with E-state index in [2.05, 4.69) is 27.7 Å². The summed E-state index contributed by atoms with van der Waals surface area (Å²) in [4.78, 5) is 35.3. The first-order chi connectivity index (χ1) is 17.2. The number of carbonyl (C=O) groups is 3. The van der Waals surface area contributed by atoms with Crippen LogP contribution in [-0.4, -0.2) is 35.2 Å². The molecule has 0 saturated heterocycles. The molecule has 0 aromatic carbocycles. The Morgan fingerprint density at radius 1 is 1.03 bits per heavy atom. The minimum Gasteiger partial charge on any atom is -0.478 e. The molecule has 3 aliphatic rings. The van der Waals surface area contributed by atoms with Crippen molar-refractivity contribution in [2.45, 2.75) is 106 Å². The highest BCUT2D eigenvalue weighted by Gasteiger charge is 2.66. The molecule has 3 fully saturated rings. The normalized spacial score (nSPS) is 37.8. The molecular weight excluding hydrogens is 468 g/mol. The van der Waals surface area contributed by atoms with Crippen LogP contribution in [0.25, 0.3) is 0 Å². The Bertz CT molecular complexity index is 978. The highest BCUT2D eigenvalue weighted by Crippen LogP contribution is 2.74. The topological polar surface area (TPSA) is 101 Å². The highest BCUT2D eigenvalue weighted by molar-refractivity contribution is 5.87. The van der Waals surface area contributed by atoms with Crippen molar-refractivity contribution in [2.75, 3.05) is 7.11 Å². The number of carboxylic acids is 2. The average molecular weight is 517 g/mol. The van der Waals surface area contributed by atoms with Gasteiger partial charge < -0.3 is 14.9 Å². The lowest BCUT2D eigenvalue weighted by Crippen LogP contribution is -2.57. The van der Waals surface area contributed by atoms with Crippen LogP contribution in [0.4, 0.5) is 0 Å². The van der Waals surface area contributed by atoms with Crippen LogP contribution < -0.4 is 0 Å². The van der Waals surface area contributed by atoms with Gasteiger partial charge in [0.2, 0.25) is 0 Å². The van der Waals surface area contributed by atoms with Crippen molar-refractivity contribution in [3.8, 4) is 0 Å². The van der Waals surface area contributed by atoms with Crippen molar-refractivity contribution in [3.05, 3.63) is 22.8 Å². The molecule has 0 bridgehead atoms. The fourth-order valence-corrected chi connectivity index (χ4v) is 9.11. The highest BCUT2D eigenvalue weighted by atomic mass is 16.5. The molecule has 0 amide bonds. The minimum absolute atomic E-state index is 0.0496. The van der Waals surface area contributed by atoms with Crippen LogP contribution in [0.2, 0.25) is 0 Å². The van der Waals surface area contributed by atoms with Crippen molar-refractivity contribution >= 4 is 17.9 Å². The Kier molecular flexibility index (Phi) is 8.71. The summed E-state index contributed by atoms with van der Waals surface area (Å²) in [5.74, 6) is -0.281. The van der Waals surface area contributed by atoms with Crippen molar-refractivity contribution in [2.24, 2.45) is 39.9 Å². The molecule has 2 unspecified atom stereocenters. The lowest BCUT2D eigenvalue weighted by atomic mass is 9.40. The Balaban J connectivity index is 1.90. The SMILES string of the molecule is COC(=O)CC[C@@H]1C(=C(C)C(=O)O)CCC2[C@]3(C)CC[C@H](C(C)CC/C=C(\C)C(=O)O)[C@@]3(C)CC[C@]21C. The number of rotatable bonds is 9. The molecule has 37 heavy (non-hydrogen) atoms. The van der Waals surface area contributed by atoms with Crippen LogP contribution in [0.5, 0.6) is 0 Å². The van der Waals surface area contributed by atoms with Gasteiger partial charge in [-0.05, 0) is 112 Å². The Hall–Kier alpha value is -2.11. The number of carboxylic acid groups (broad SMARTS) is 2. The van der Waals surface area contributed by atoms with Gasteiger partial charge in [0.15, 0.2) is 0 Å². The summed E-state index contributed by atoms with van der Waals surface area (Å²) in [7, 11) is 1.42. The second-order valence-electron chi connectivity index (χ2n) is 12.9. The van der Waals surface area contributed by atoms with Gasteiger partial charge in [0, 0.05) is 17.6 Å². The van der Waals surface area contributed by atoms with Gasteiger partial charge in [-0.25, -0.2) is 9.59 Å². The molecule has 0 radical (unpaired) electrons. The third-order valence-electron chi connectivity index (χ3n) is 11.5. The lowest BCUT2D eigenvalue weighted by Gasteiger charge is -2.65. The first-order valence-electron chi connectivity index (χ1n) is 14.1. The fraction of sp³-hybridized carbons (Fsp3) is 0.774. The molecular formula is C31H48O6. The van der Waals surface area contributed by atoms with E-state index in [0.29, 0.717) is 41.7 Å². The summed E-state index contributed by atoms with van der Waals surface area (Å²) in [6.45, 7) is 13.1. The molecule has 0 spiro atoms. The zero-order valence-corrected chi connectivity index (χ0v) is 24.0. The smallest absolute Gasteiger partial charge is 0.331 e. The Labute approximate surface area is 222 Å². The standard InChI is InChI=1S/C31H48O6/c1-19(9-8-10-20(2)27(33)34)23-15-16-31(6)25-13-11-22(21(3)28(35)36)24(12-14-26(32)37-7)29(25,4)17-18-30(23,31)5/h10,19,23-25H,8-9,11-18H2,1-7H3,(H,33,34)(H,35,36)/b20-10+,22-21?/t19?,23-,24-,25?,29+,30-,31+/m1/s1. The summed E-state index contributed by atoms with van der Waals surface area (Å²) < 4.78 is 4.95. The van der Waals surface area contributed by atoms with Crippen molar-refractivity contribution < 1.29 is 29.3 Å². The van der Waals surface area contributed by atoms with E-state index in [1.54, 1.807) is 13.8 Å². The molecule has 0 aliphatic heterocycles. The van der Waals surface area contributed by atoms with Crippen molar-refractivity contribution in [1.82, 2.24) is 0 Å². The van der Waals surface area contributed by atoms with Crippen LogP contribution in [0.15, 0.2) is 22.8 Å². The van der Waals surface area contributed by atoms with Gasteiger partial charge in [-0.1, -0.05) is 39.3 Å². The van der Waals surface area contributed by atoms with E-state index in [-0.39, 0.29) is 28.1 Å². The van der Waals surface area contributed by atoms with Gasteiger partial charge in [-0.15, -0.1) is 0 Å². The first-order valence-corrected chi connectivity index (χ1v) is 14.1. The van der Waals surface area contributed by atoms with Crippen LogP contribution in [0, 0.1) is 39.9 Å². The van der Waals surface area contributed by atoms with Gasteiger partial charge in [-0.3, -0.25) is 4.79 Å². The van der Waals surface area contributed by atoms with Gasteiger partial charge in [-0.2, -0.15) is 0 Å².